The third kappa shape index (κ3) is 2.76. The number of methoxy groups -OCH3 is 1. The SMILES string of the molecule is CNC(c1ccc(F)c(OC)c1)c1ccccc1C. The first kappa shape index (κ1) is 13.6. The molecule has 2 aromatic rings. The van der Waals surface area contributed by atoms with Gasteiger partial charge in [-0.05, 0) is 42.8 Å². The quantitative estimate of drug-likeness (QED) is 0.908. The molecule has 0 aromatic heterocycles. The van der Waals surface area contributed by atoms with Crippen molar-refractivity contribution in [1.29, 1.82) is 0 Å². The highest BCUT2D eigenvalue weighted by Crippen LogP contribution is 2.28. The van der Waals surface area contributed by atoms with E-state index in [0.29, 0.717) is 0 Å². The largest absolute Gasteiger partial charge is 0.494 e. The molecule has 0 spiro atoms. The van der Waals surface area contributed by atoms with Crippen molar-refractivity contribution in [2.45, 2.75) is 13.0 Å². The van der Waals surface area contributed by atoms with Gasteiger partial charge in [-0.25, -0.2) is 4.39 Å². The molecule has 1 unspecified atom stereocenters. The van der Waals surface area contributed by atoms with E-state index in [1.807, 2.05) is 19.2 Å². The number of aryl methyl sites for hydroxylation is 1. The molecule has 0 saturated carbocycles. The minimum absolute atomic E-state index is 0.0238. The van der Waals surface area contributed by atoms with Crippen LogP contribution < -0.4 is 10.1 Å². The van der Waals surface area contributed by atoms with Crippen LogP contribution in [-0.2, 0) is 0 Å². The Kier molecular flexibility index (Phi) is 4.17. The van der Waals surface area contributed by atoms with Crippen molar-refractivity contribution in [2.75, 3.05) is 14.2 Å². The predicted octanol–water partition coefficient (Wildman–Crippen LogP) is 3.45. The Morgan fingerprint density at radius 3 is 2.53 bits per heavy atom. The van der Waals surface area contributed by atoms with Gasteiger partial charge in [-0.1, -0.05) is 30.3 Å². The van der Waals surface area contributed by atoms with E-state index in [0.717, 1.165) is 5.56 Å². The van der Waals surface area contributed by atoms with Gasteiger partial charge in [0.05, 0.1) is 13.2 Å². The highest BCUT2D eigenvalue weighted by atomic mass is 19.1. The van der Waals surface area contributed by atoms with Crippen molar-refractivity contribution in [3.63, 3.8) is 0 Å². The van der Waals surface area contributed by atoms with Gasteiger partial charge in [0.15, 0.2) is 11.6 Å². The highest BCUT2D eigenvalue weighted by Gasteiger charge is 2.15. The van der Waals surface area contributed by atoms with Crippen LogP contribution in [0.25, 0.3) is 0 Å². The van der Waals surface area contributed by atoms with Gasteiger partial charge in [0.25, 0.3) is 0 Å². The molecule has 0 aliphatic rings. The van der Waals surface area contributed by atoms with Gasteiger partial charge in [-0.3, -0.25) is 0 Å². The maximum Gasteiger partial charge on any atom is 0.165 e. The fourth-order valence-corrected chi connectivity index (χ4v) is 2.27. The molecule has 2 rings (SSSR count). The zero-order valence-corrected chi connectivity index (χ0v) is 11.4. The van der Waals surface area contributed by atoms with Gasteiger partial charge in [0.1, 0.15) is 0 Å². The van der Waals surface area contributed by atoms with E-state index in [9.17, 15) is 4.39 Å². The monoisotopic (exact) mass is 259 g/mol. The minimum atomic E-state index is -0.342. The molecule has 3 heteroatoms. The number of rotatable bonds is 4. The topological polar surface area (TPSA) is 21.3 Å². The number of halogens is 1. The Morgan fingerprint density at radius 1 is 1.16 bits per heavy atom. The van der Waals surface area contributed by atoms with Crippen LogP contribution in [0.3, 0.4) is 0 Å². The van der Waals surface area contributed by atoms with Gasteiger partial charge in [-0.2, -0.15) is 0 Å². The summed E-state index contributed by atoms with van der Waals surface area (Å²) in [6.07, 6.45) is 0. The van der Waals surface area contributed by atoms with Gasteiger partial charge < -0.3 is 10.1 Å². The molecule has 0 aliphatic heterocycles. The fraction of sp³-hybridized carbons (Fsp3) is 0.250. The van der Waals surface area contributed by atoms with Crippen molar-refractivity contribution < 1.29 is 9.13 Å². The molecule has 0 fully saturated rings. The van der Waals surface area contributed by atoms with Gasteiger partial charge in [-0.15, -0.1) is 0 Å². The number of nitrogens with one attached hydrogen (secondary N) is 1. The summed E-state index contributed by atoms with van der Waals surface area (Å²) < 4.78 is 18.5. The highest BCUT2D eigenvalue weighted by molar-refractivity contribution is 5.40. The van der Waals surface area contributed by atoms with E-state index in [4.69, 9.17) is 4.74 Å². The zero-order chi connectivity index (χ0) is 13.8. The normalized spacial score (nSPS) is 12.2. The average molecular weight is 259 g/mol. The van der Waals surface area contributed by atoms with Crippen LogP contribution in [-0.4, -0.2) is 14.2 Å². The summed E-state index contributed by atoms with van der Waals surface area (Å²) in [5.41, 5.74) is 3.36. The number of ether oxygens (including phenoxy) is 1. The molecule has 0 heterocycles. The summed E-state index contributed by atoms with van der Waals surface area (Å²) in [6.45, 7) is 2.07. The minimum Gasteiger partial charge on any atom is -0.494 e. The zero-order valence-electron chi connectivity index (χ0n) is 11.4. The molecule has 0 saturated heterocycles. The van der Waals surface area contributed by atoms with Crippen molar-refractivity contribution in [3.05, 3.63) is 65.0 Å². The summed E-state index contributed by atoms with van der Waals surface area (Å²) in [6, 6.07) is 13.2. The van der Waals surface area contributed by atoms with E-state index in [-0.39, 0.29) is 17.6 Å². The molecule has 1 atom stereocenters. The van der Waals surface area contributed by atoms with Gasteiger partial charge >= 0.3 is 0 Å². The van der Waals surface area contributed by atoms with Crippen molar-refractivity contribution in [1.82, 2.24) is 5.32 Å². The maximum atomic E-state index is 13.5. The second-order valence-corrected chi connectivity index (χ2v) is 4.47. The molecule has 2 nitrogen and oxygen atoms in total. The lowest BCUT2D eigenvalue weighted by Crippen LogP contribution is -2.18. The standard InChI is InChI=1S/C16H18FNO/c1-11-6-4-5-7-13(11)16(18-2)12-8-9-14(17)15(10-12)19-3/h4-10,16,18H,1-3H3. The number of hydrogen-bond acceptors (Lipinski definition) is 2. The van der Waals surface area contributed by atoms with Crippen LogP contribution in [0.5, 0.6) is 5.75 Å². The Balaban J connectivity index is 2.45. The summed E-state index contributed by atoms with van der Waals surface area (Å²) in [7, 11) is 3.37. The molecule has 0 radical (unpaired) electrons. The van der Waals surface area contributed by atoms with Crippen LogP contribution >= 0.6 is 0 Å². The lowest BCUT2D eigenvalue weighted by atomic mass is 9.95. The lowest BCUT2D eigenvalue weighted by Gasteiger charge is -2.20. The van der Waals surface area contributed by atoms with Crippen molar-refractivity contribution in [3.8, 4) is 5.75 Å². The third-order valence-corrected chi connectivity index (χ3v) is 3.30. The van der Waals surface area contributed by atoms with Gasteiger partial charge in [0.2, 0.25) is 0 Å². The summed E-state index contributed by atoms with van der Waals surface area (Å²) in [5.74, 6) is -0.0720. The Labute approximate surface area is 113 Å². The van der Waals surface area contributed by atoms with Crippen molar-refractivity contribution >= 4 is 0 Å². The van der Waals surface area contributed by atoms with Crippen LogP contribution in [0.15, 0.2) is 42.5 Å². The molecule has 19 heavy (non-hydrogen) atoms. The predicted molar refractivity (Wildman–Crippen MR) is 75.0 cm³/mol. The Morgan fingerprint density at radius 2 is 1.89 bits per heavy atom. The van der Waals surface area contributed by atoms with E-state index >= 15 is 0 Å². The molecule has 0 bridgehead atoms. The van der Waals surface area contributed by atoms with Crippen LogP contribution in [0.2, 0.25) is 0 Å². The van der Waals surface area contributed by atoms with Crippen LogP contribution in [0.4, 0.5) is 4.39 Å². The molecule has 0 amide bonds. The molecular formula is C16H18FNO. The van der Waals surface area contributed by atoms with Crippen LogP contribution in [0.1, 0.15) is 22.7 Å². The Hall–Kier alpha value is -1.87. The lowest BCUT2D eigenvalue weighted by molar-refractivity contribution is 0.385. The molecule has 0 aliphatic carbocycles. The second-order valence-electron chi connectivity index (χ2n) is 4.47. The maximum absolute atomic E-state index is 13.5. The summed E-state index contributed by atoms with van der Waals surface area (Å²) in [5, 5.41) is 3.27. The fourth-order valence-electron chi connectivity index (χ4n) is 2.27. The van der Waals surface area contributed by atoms with E-state index < -0.39 is 0 Å². The van der Waals surface area contributed by atoms with Crippen molar-refractivity contribution in [2.24, 2.45) is 0 Å². The summed E-state index contributed by atoms with van der Waals surface area (Å²) in [4.78, 5) is 0. The van der Waals surface area contributed by atoms with E-state index in [1.54, 1.807) is 12.1 Å². The van der Waals surface area contributed by atoms with E-state index in [2.05, 4.69) is 24.4 Å². The Bertz CT molecular complexity index is 568. The van der Waals surface area contributed by atoms with Gasteiger partial charge in [0, 0.05) is 0 Å². The third-order valence-electron chi connectivity index (χ3n) is 3.30. The molecular weight excluding hydrogens is 241 g/mol. The molecule has 1 N–H and O–H groups in total. The van der Waals surface area contributed by atoms with Crippen LogP contribution in [0, 0.1) is 12.7 Å². The first-order valence-electron chi connectivity index (χ1n) is 6.23. The molecule has 2 aromatic carbocycles. The average Bonchev–Trinajstić information content (AvgIpc) is 2.43. The van der Waals surface area contributed by atoms with E-state index in [1.165, 1.54) is 24.3 Å². The smallest absolute Gasteiger partial charge is 0.165 e. The number of hydrogen-bond donors (Lipinski definition) is 1. The molecule has 100 valence electrons. The summed E-state index contributed by atoms with van der Waals surface area (Å²) >= 11 is 0. The first-order valence-corrected chi connectivity index (χ1v) is 6.23. The number of benzene rings is 2. The second kappa shape index (κ2) is 5.85. The first-order chi connectivity index (χ1) is 9.17.